The molecule has 8 atom stereocenters. The third-order valence-corrected chi connectivity index (χ3v) is 29.5. The lowest BCUT2D eigenvalue weighted by molar-refractivity contribution is -0.121. The highest BCUT2D eigenvalue weighted by Gasteiger charge is 2.52. The summed E-state index contributed by atoms with van der Waals surface area (Å²) < 4.78 is 64.5. The summed E-state index contributed by atoms with van der Waals surface area (Å²) in [6.07, 6.45) is 16.0. The van der Waals surface area contributed by atoms with Gasteiger partial charge in [-0.3, -0.25) is 37.6 Å². The number of aromatic nitrogens is 6. The van der Waals surface area contributed by atoms with Gasteiger partial charge in [0.15, 0.2) is 23.1 Å². The molecule has 14 aliphatic rings. The first kappa shape index (κ1) is 110. The van der Waals surface area contributed by atoms with Crippen molar-refractivity contribution >= 4 is 167 Å². The van der Waals surface area contributed by atoms with Crippen LogP contribution in [0.3, 0.4) is 0 Å². The van der Waals surface area contributed by atoms with Crippen LogP contribution in [0.4, 0.5) is 51.9 Å². The average molecular weight is 2140 g/mol. The van der Waals surface area contributed by atoms with Crippen molar-refractivity contribution in [3.8, 4) is 0 Å². The fourth-order valence-corrected chi connectivity index (χ4v) is 22.9. The summed E-state index contributed by atoms with van der Waals surface area (Å²) in [6, 6.07) is 17.9. The van der Waals surface area contributed by atoms with Gasteiger partial charge in [0.05, 0.1) is 83.0 Å². The van der Waals surface area contributed by atoms with Crippen LogP contribution in [0, 0.1) is 23.5 Å². The predicted molar refractivity (Wildman–Crippen MR) is 561 cm³/mol. The number of amides is 11. The van der Waals surface area contributed by atoms with E-state index >= 15 is 8.78 Å². The zero-order valence-electron chi connectivity index (χ0n) is 87.7. The summed E-state index contributed by atoms with van der Waals surface area (Å²) in [5.41, 5.74) is 5.12. The zero-order valence-corrected chi connectivity index (χ0v) is 90.0. The van der Waals surface area contributed by atoms with Crippen LogP contribution in [-0.4, -0.2) is 329 Å². The molecule has 2 aliphatic carbocycles. The molecule has 18 heterocycles. The number of Topliss-reactive ketones (excluding diaryl/α,β-unsaturated/α-hetero) is 4. The van der Waals surface area contributed by atoms with Crippen LogP contribution in [0.25, 0.3) is 55.4 Å². The number of piperidine rings is 2. The first-order valence-electron chi connectivity index (χ1n) is 51.6. The van der Waals surface area contributed by atoms with Crippen molar-refractivity contribution in [1.29, 1.82) is 0 Å². The summed E-state index contributed by atoms with van der Waals surface area (Å²) in [4.78, 5) is 186. The van der Waals surface area contributed by atoms with E-state index in [4.69, 9.17) is 46.9 Å². The predicted octanol–water partition coefficient (Wildman–Crippen LogP) is 14.9. The lowest BCUT2D eigenvalue weighted by Gasteiger charge is -2.37. The Balaban J connectivity index is 0.000000138. The zero-order chi connectivity index (χ0) is 107. The molecule has 8 unspecified atom stereocenters. The van der Waals surface area contributed by atoms with Crippen molar-refractivity contribution < 1.29 is 94.8 Å². The molecule has 6 aromatic heterocycles. The highest BCUT2D eigenvalue weighted by molar-refractivity contribution is 6.63. The van der Waals surface area contributed by atoms with Crippen molar-refractivity contribution in [2.45, 2.75) is 271 Å². The summed E-state index contributed by atoms with van der Waals surface area (Å²) in [7, 11) is 0. The van der Waals surface area contributed by atoms with Crippen LogP contribution >= 0.6 is 35.6 Å². The number of hydrogen-bond acceptors (Lipinski definition) is 23. The number of likely N-dealkylation sites (tertiary alicyclic amines) is 7. The van der Waals surface area contributed by atoms with Crippen LogP contribution in [0.2, 0.25) is 0 Å². The fourth-order valence-electron chi connectivity index (χ4n) is 22.5. The molecule has 8 bridgehead atoms. The number of allylic oxidation sites excluding steroid dienone is 4. The van der Waals surface area contributed by atoms with Crippen LogP contribution in [0.15, 0.2) is 97.8 Å². The molecule has 150 heavy (non-hydrogen) atoms. The molecule has 0 radical (unpaired) electrons. The third-order valence-electron chi connectivity index (χ3n) is 29.0. The Bertz CT molecular complexity index is 6630. The summed E-state index contributed by atoms with van der Waals surface area (Å²) in [5, 5.41) is 15.9. The largest absolute Gasteiger partial charge is 0.444 e. The number of alkyl carbamates (subject to hydrolysis) is 2. The smallest absolute Gasteiger partial charge is 0.410 e. The van der Waals surface area contributed by atoms with Gasteiger partial charge in [-0.1, -0.05) is 12.1 Å². The van der Waals surface area contributed by atoms with Crippen molar-refractivity contribution in [1.82, 2.24) is 98.6 Å². The van der Waals surface area contributed by atoms with E-state index in [1.807, 2.05) is 183 Å². The van der Waals surface area contributed by atoms with Gasteiger partial charge in [-0.2, -0.15) is 0 Å². The highest BCUT2D eigenvalue weighted by atomic mass is 35.5. The number of halogens is 5. The maximum absolute atomic E-state index is 15.3. The highest BCUT2D eigenvalue weighted by Crippen LogP contribution is 2.46. The number of hydrogen-bond donors (Lipinski definition) is 5. The minimum absolute atomic E-state index is 0. The van der Waals surface area contributed by atoms with Crippen molar-refractivity contribution in [2.24, 2.45) is 11.8 Å². The Kier molecular flexibility index (Phi) is 32.6. The number of pyridine rings is 2. The van der Waals surface area contributed by atoms with E-state index in [-0.39, 0.29) is 145 Å². The molecule has 10 saturated heterocycles. The van der Waals surface area contributed by atoms with E-state index in [0.29, 0.717) is 182 Å². The lowest BCUT2D eigenvalue weighted by atomic mass is 9.97. The number of carbonyl (C=O) groups excluding carboxylic acids is 13. The summed E-state index contributed by atoms with van der Waals surface area (Å²) >= 11 is 10.9. The molecular formula is C107H137Cl3F2N20O18. The van der Waals surface area contributed by atoms with Gasteiger partial charge in [-0.25, -0.2) is 52.3 Å². The maximum Gasteiger partial charge on any atom is 0.410 e. The maximum atomic E-state index is 15.3. The van der Waals surface area contributed by atoms with E-state index in [2.05, 4.69) is 36.6 Å². The van der Waals surface area contributed by atoms with Crippen LogP contribution < -0.4 is 26.6 Å². The van der Waals surface area contributed by atoms with Gasteiger partial charge in [-0.15, -0.1) is 12.4 Å². The number of ether oxygens (including phenoxy) is 5. The molecule has 8 aromatic rings. The number of ketones is 4. The van der Waals surface area contributed by atoms with E-state index < -0.39 is 50.9 Å². The number of nitrogens with zero attached hydrogens (tertiary/aromatic N) is 15. The topological polar surface area (TPSA) is 402 Å². The number of carbonyl (C=O) groups is 13. The second-order valence-corrected chi connectivity index (χ2v) is 46.5. The molecule has 38 nitrogen and oxygen atoms in total. The lowest BCUT2D eigenvalue weighted by Crippen LogP contribution is -2.54. The molecule has 22 rings (SSSR count). The monoisotopic (exact) mass is 2130 g/mol. The van der Waals surface area contributed by atoms with E-state index in [1.54, 1.807) is 56.8 Å². The van der Waals surface area contributed by atoms with E-state index in [1.165, 1.54) is 24.3 Å². The Hall–Kier alpha value is -12.5. The van der Waals surface area contributed by atoms with E-state index in [9.17, 15) is 62.3 Å². The van der Waals surface area contributed by atoms with Gasteiger partial charge in [0.25, 0.3) is 0 Å². The second kappa shape index (κ2) is 44.4. The van der Waals surface area contributed by atoms with Gasteiger partial charge < -0.3 is 104 Å². The number of urea groups is 2. The molecule has 5 N–H and O–H groups in total. The minimum Gasteiger partial charge on any atom is -0.444 e. The Morgan fingerprint density at radius 3 is 1.15 bits per heavy atom. The number of fused-ring (bicyclic) bond motifs is 10. The van der Waals surface area contributed by atoms with Crippen molar-refractivity contribution in [2.75, 3.05) is 105 Å². The van der Waals surface area contributed by atoms with Gasteiger partial charge in [0, 0.05) is 200 Å². The van der Waals surface area contributed by atoms with Crippen LogP contribution in [-0.2, 0) is 69.0 Å². The van der Waals surface area contributed by atoms with Gasteiger partial charge in [0.2, 0.25) is 0 Å². The Morgan fingerprint density at radius 2 is 0.787 bits per heavy atom. The van der Waals surface area contributed by atoms with Gasteiger partial charge in [0.1, 0.15) is 50.9 Å². The summed E-state index contributed by atoms with van der Waals surface area (Å²) in [6.45, 7) is 39.9. The number of piperazine rings is 4. The number of rotatable bonds is 8. The molecule has 12 aliphatic heterocycles. The number of benzene rings is 2. The van der Waals surface area contributed by atoms with Gasteiger partial charge in [-0.05, 0) is 263 Å². The fraction of sp³-hybridized carbons (Fsp3) is 0.561. The molecule has 0 spiro atoms. The first-order valence-corrected chi connectivity index (χ1v) is 52.4. The molecular weight excluding hydrogens is 2000 g/mol. The third kappa shape index (κ3) is 25.1. The quantitative estimate of drug-likeness (QED) is 0.0408. The SMILES string of the molecule is CC(C)(C)OC(=O)N1CC2CC1CN2.CC(C)(C)OC(=O)N1CC2CC1CN2C(=O)Cl.CC(C)(C)OC(=O)N1CC2CC1CN2C(=O)N1CCn2cc(C3=C(c4cnc5ccccn45)C(=O)CC3=O)c3cc(F)cc(c32)C1.CC(C)(C)OC(=O)NCC1CCN(C(=O)Cl)CC1.CC(C)(C)OC(=O)NCC1CCNCC1.Cl.O=C1CC(=O)C(c2cnc3ccccn23)=C1c1cn2c3c(cc(F)cc13)CN(C(=O)N1CC3CC1CN3)CC2. The molecule has 808 valence electrons. The van der Waals surface area contributed by atoms with Gasteiger partial charge >= 0.3 is 53.3 Å². The average Bonchev–Trinajstić information content (AvgIpc) is 1.57. The number of nitrogens with one attached hydrogen (secondary N) is 5. The molecule has 43 heteroatoms. The molecule has 11 amide bonds. The Morgan fingerprint density at radius 1 is 0.420 bits per heavy atom. The van der Waals surface area contributed by atoms with Crippen LogP contribution in [0.5, 0.6) is 0 Å². The molecule has 10 fully saturated rings. The second-order valence-electron chi connectivity index (χ2n) is 45.8. The normalized spacial score (nSPS) is 22.4. The Labute approximate surface area is 885 Å². The van der Waals surface area contributed by atoms with Crippen molar-refractivity contribution in [3.05, 3.63) is 143 Å². The standard InChI is InChI=1S/C34H33FN6O5.C29H25FN6O3.C12H21ClN2O3.C11H17ClN2O3.C11H22N2O2.C10H18N2O2.ClH/c1-34(2,3)46-33(45)41-17-21-12-22(41)16-40(21)32(44)38-9-8-37-18-24(23-11-20(35)10-19(15-38)31(23)37)29-26(42)13-27(43)30(29)25-14-36-28-6-4-5-7-39(25)28;30-17-7-16-13-34(29(39)36-14-18-9-19(36)11-31-18)6-5-33-15-21(20(8-17)28(16)33)26-23(37)10-24(38)27(26)22-12-32-25-3-1-2-4-35(22)25;1-12(2,3)18-11(17)14-8-9-4-6-15(7-5-9)10(13)16;1-11(2,3)17-10(16)14-6-7-4-8(14)5-13(7)9(12)15;1-11(2,3)15-10(14)13-8-9-4-6-12-7-5-9;1-10(2,3)14-9(13)12-6-7-4-8(12)5-11-7;/h4-7,10-11,14,18,21-22H,8-9,12-13,15-17H2,1-3H3;1-4,7-8,12,15,18-19,31H,5-6,9-11,13-14H2;9H,4-8H2,1-3H3,(H,14,17);7-8H,4-6H2,1-3H3;9,12H,4-8H2,1-3H3,(H,13,14);7-8,11H,4-6H2,1-3H3;1H. The number of imidazole rings is 2. The van der Waals surface area contributed by atoms with Crippen LogP contribution in [0.1, 0.15) is 202 Å². The van der Waals surface area contributed by atoms with Crippen molar-refractivity contribution in [3.63, 3.8) is 0 Å². The summed E-state index contributed by atoms with van der Waals surface area (Å²) in [5.74, 6) is -1.11. The first-order chi connectivity index (χ1) is 70.4. The molecule has 0 saturated carbocycles. The molecule has 2 aromatic carbocycles. The van der Waals surface area contributed by atoms with E-state index in [0.717, 1.165) is 95.2 Å². The minimum atomic E-state index is -0.597.